The molecule has 0 spiro atoms. The molecular formula is C19H22N2O4. The van der Waals surface area contributed by atoms with Gasteiger partial charge in [-0.15, -0.1) is 0 Å². The van der Waals surface area contributed by atoms with E-state index in [0.29, 0.717) is 18.0 Å². The zero-order chi connectivity index (χ0) is 17.8. The van der Waals surface area contributed by atoms with Crippen LogP contribution in [0.1, 0.15) is 24.4 Å². The Morgan fingerprint density at radius 3 is 2.68 bits per heavy atom. The summed E-state index contributed by atoms with van der Waals surface area (Å²) in [6.45, 7) is 0.753. The third kappa shape index (κ3) is 3.52. The molecule has 6 heteroatoms. The molecule has 1 unspecified atom stereocenters. The highest BCUT2D eigenvalue weighted by Gasteiger charge is 2.30. The molecule has 6 nitrogen and oxygen atoms in total. The van der Waals surface area contributed by atoms with E-state index in [4.69, 9.17) is 9.47 Å². The van der Waals surface area contributed by atoms with Gasteiger partial charge in [0.2, 0.25) is 5.91 Å². The summed E-state index contributed by atoms with van der Waals surface area (Å²) < 4.78 is 12.1. The highest BCUT2D eigenvalue weighted by molar-refractivity contribution is 5.77. The monoisotopic (exact) mass is 342 g/mol. The fraction of sp³-hybridized carbons (Fsp3) is 0.368. The van der Waals surface area contributed by atoms with Gasteiger partial charge in [-0.05, 0) is 36.6 Å². The molecule has 1 saturated heterocycles. The van der Waals surface area contributed by atoms with E-state index in [9.17, 15) is 9.59 Å². The minimum Gasteiger partial charge on any atom is -0.493 e. The number of methoxy groups -OCH3 is 2. The van der Waals surface area contributed by atoms with Crippen LogP contribution in [0.4, 0.5) is 0 Å². The van der Waals surface area contributed by atoms with Crippen molar-refractivity contribution in [2.75, 3.05) is 20.8 Å². The highest BCUT2D eigenvalue weighted by atomic mass is 16.5. The maximum absolute atomic E-state index is 12.7. The Morgan fingerprint density at radius 2 is 1.96 bits per heavy atom. The molecule has 0 radical (unpaired) electrons. The van der Waals surface area contributed by atoms with Crippen molar-refractivity contribution in [2.45, 2.75) is 25.4 Å². The van der Waals surface area contributed by atoms with Crippen LogP contribution in [0.2, 0.25) is 0 Å². The van der Waals surface area contributed by atoms with Gasteiger partial charge in [0.1, 0.15) is 6.54 Å². The minimum absolute atomic E-state index is 0.00767. The lowest BCUT2D eigenvalue weighted by atomic mass is 10.0. The van der Waals surface area contributed by atoms with Gasteiger partial charge >= 0.3 is 0 Å². The molecular weight excluding hydrogens is 320 g/mol. The molecule has 3 rings (SSSR count). The average Bonchev–Trinajstić information content (AvgIpc) is 3.13. The van der Waals surface area contributed by atoms with E-state index in [1.807, 2.05) is 23.1 Å². The number of carbonyl (C=O) groups is 1. The van der Waals surface area contributed by atoms with Crippen LogP contribution >= 0.6 is 0 Å². The number of nitrogens with zero attached hydrogens (tertiary/aromatic N) is 2. The summed E-state index contributed by atoms with van der Waals surface area (Å²) in [7, 11) is 3.20. The lowest BCUT2D eigenvalue weighted by Crippen LogP contribution is -2.35. The molecule has 0 N–H and O–H groups in total. The van der Waals surface area contributed by atoms with Crippen LogP contribution < -0.4 is 15.0 Å². The van der Waals surface area contributed by atoms with E-state index in [1.54, 1.807) is 32.5 Å². The number of ether oxygens (including phenoxy) is 2. The van der Waals surface area contributed by atoms with Crippen molar-refractivity contribution in [2.24, 2.45) is 0 Å². The van der Waals surface area contributed by atoms with Crippen molar-refractivity contribution < 1.29 is 14.3 Å². The Bertz CT molecular complexity index is 815. The minimum atomic E-state index is -0.169. The summed E-state index contributed by atoms with van der Waals surface area (Å²) in [5.41, 5.74) is 0.849. The Balaban J connectivity index is 1.82. The third-order valence-corrected chi connectivity index (χ3v) is 4.57. The molecule has 1 aromatic heterocycles. The lowest BCUT2D eigenvalue weighted by molar-refractivity contribution is -0.132. The first-order valence-corrected chi connectivity index (χ1v) is 8.31. The fourth-order valence-corrected chi connectivity index (χ4v) is 3.30. The largest absolute Gasteiger partial charge is 0.493 e. The van der Waals surface area contributed by atoms with Crippen molar-refractivity contribution in [3.8, 4) is 11.5 Å². The maximum atomic E-state index is 12.7. The molecule has 1 atom stereocenters. The quantitative estimate of drug-likeness (QED) is 0.836. The van der Waals surface area contributed by atoms with E-state index < -0.39 is 0 Å². The van der Waals surface area contributed by atoms with Crippen LogP contribution in [-0.4, -0.2) is 36.1 Å². The van der Waals surface area contributed by atoms with Gasteiger partial charge in [0.05, 0.1) is 20.3 Å². The molecule has 2 heterocycles. The number of hydrogen-bond acceptors (Lipinski definition) is 4. The number of rotatable bonds is 5. The SMILES string of the molecule is COc1ccc(C2CCCN2C(=O)Cn2ccccc2=O)cc1OC. The van der Waals surface area contributed by atoms with Crippen molar-refractivity contribution in [1.29, 1.82) is 0 Å². The molecule has 1 aliphatic rings. The van der Waals surface area contributed by atoms with Gasteiger partial charge in [0, 0.05) is 18.8 Å². The predicted molar refractivity (Wildman–Crippen MR) is 93.9 cm³/mol. The second-order valence-electron chi connectivity index (χ2n) is 6.03. The van der Waals surface area contributed by atoms with E-state index in [2.05, 4.69) is 0 Å². The van der Waals surface area contributed by atoms with Crippen LogP contribution in [-0.2, 0) is 11.3 Å². The van der Waals surface area contributed by atoms with E-state index >= 15 is 0 Å². The lowest BCUT2D eigenvalue weighted by Gasteiger charge is -2.26. The molecule has 1 aliphatic heterocycles. The molecule has 0 bridgehead atoms. The van der Waals surface area contributed by atoms with Crippen molar-refractivity contribution >= 4 is 5.91 Å². The van der Waals surface area contributed by atoms with Gasteiger partial charge < -0.3 is 18.9 Å². The highest BCUT2D eigenvalue weighted by Crippen LogP contribution is 2.36. The Hall–Kier alpha value is -2.76. The van der Waals surface area contributed by atoms with Crippen LogP contribution in [0.5, 0.6) is 11.5 Å². The number of amides is 1. The van der Waals surface area contributed by atoms with E-state index in [-0.39, 0.29) is 24.1 Å². The average molecular weight is 342 g/mol. The van der Waals surface area contributed by atoms with Gasteiger partial charge in [-0.25, -0.2) is 0 Å². The molecule has 0 aliphatic carbocycles. The first kappa shape index (κ1) is 17.1. The van der Waals surface area contributed by atoms with Gasteiger partial charge in [-0.3, -0.25) is 9.59 Å². The first-order valence-electron chi connectivity index (χ1n) is 8.31. The first-order chi connectivity index (χ1) is 12.1. The normalized spacial score (nSPS) is 16.7. The van der Waals surface area contributed by atoms with Crippen LogP contribution in [0.15, 0.2) is 47.4 Å². The predicted octanol–water partition coefficient (Wildman–Crippen LogP) is 2.23. The summed E-state index contributed by atoms with van der Waals surface area (Å²) in [4.78, 5) is 26.4. The Labute approximate surface area is 146 Å². The zero-order valence-corrected chi connectivity index (χ0v) is 14.5. The van der Waals surface area contributed by atoms with Crippen molar-refractivity contribution in [3.05, 3.63) is 58.5 Å². The maximum Gasteiger partial charge on any atom is 0.250 e. The number of likely N-dealkylation sites (tertiary alicyclic amines) is 1. The number of pyridine rings is 1. The standard InChI is InChI=1S/C19H22N2O4/c1-24-16-9-8-14(12-17(16)25-2)15-6-5-11-21(15)19(23)13-20-10-4-3-7-18(20)22/h3-4,7-10,12,15H,5-6,11,13H2,1-2H3. The molecule has 1 aromatic carbocycles. The molecule has 25 heavy (non-hydrogen) atoms. The van der Waals surface area contributed by atoms with Crippen LogP contribution in [0.25, 0.3) is 0 Å². The molecule has 1 amide bonds. The van der Waals surface area contributed by atoms with Crippen LogP contribution in [0.3, 0.4) is 0 Å². The molecule has 2 aromatic rings. The number of benzene rings is 1. The van der Waals surface area contributed by atoms with Gasteiger partial charge in [0.25, 0.3) is 5.56 Å². The smallest absolute Gasteiger partial charge is 0.250 e. The number of aromatic nitrogens is 1. The Kier molecular flexibility index (Phi) is 5.07. The second kappa shape index (κ2) is 7.42. The van der Waals surface area contributed by atoms with Crippen molar-refractivity contribution in [3.63, 3.8) is 0 Å². The summed E-state index contributed by atoms with van der Waals surface area (Å²) in [5, 5.41) is 0. The van der Waals surface area contributed by atoms with E-state index in [1.165, 1.54) is 10.6 Å². The molecule has 132 valence electrons. The van der Waals surface area contributed by atoms with Gasteiger partial charge in [0.15, 0.2) is 11.5 Å². The van der Waals surface area contributed by atoms with Crippen molar-refractivity contribution in [1.82, 2.24) is 9.47 Å². The number of hydrogen-bond donors (Lipinski definition) is 0. The molecule has 1 fully saturated rings. The summed E-state index contributed by atoms with van der Waals surface area (Å²) in [6.07, 6.45) is 3.47. The topological polar surface area (TPSA) is 60.8 Å². The van der Waals surface area contributed by atoms with Crippen LogP contribution in [0, 0.1) is 0 Å². The number of carbonyl (C=O) groups excluding carboxylic acids is 1. The molecule has 0 saturated carbocycles. The fourth-order valence-electron chi connectivity index (χ4n) is 3.30. The zero-order valence-electron chi connectivity index (χ0n) is 14.5. The summed E-state index contributed by atoms with van der Waals surface area (Å²) >= 11 is 0. The van der Waals surface area contributed by atoms with E-state index in [0.717, 1.165) is 18.4 Å². The van der Waals surface area contributed by atoms with Gasteiger partial charge in [-0.2, -0.15) is 0 Å². The summed E-state index contributed by atoms with van der Waals surface area (Å²) in [5.74, 6) is 1.27. The third-order valence-electron chi connectivity index (χ3n) is 4.57. The Morgan fingerprint density at radius 1 is 1.16 bits per heavy atom. The summed E-state index contributed by atoms with van der Waals surface area (Å²) in [6, 6.07) is 10.6. The van der Waals surface area contributed by atoms with Gasteiger partial charge in [-0.1, -0.05) is 12.1 Å². The second-order valence-corrected chi connectivity index (χ2v) is 6.03.